The van der Waals surface area contributed by atoms with E-state index in [-0.39, 0.29) is 0 Å². The molecule has 0 saturated carbocycles. The number of ether oxygens (including phenoxy) is 1. The van der Waals surface area contributed by atoms with E-state index in [0.29, 0.717) is 24.2 Å². The Morgan fingerprint density at radius 2 is 1.92 bits per heavy atom. The van der Waals surface area contributed by atoms with Gasteiger partial charge in [0.25, 0.3) is 5.78 Å². The summed E-state index contributed by atoms with van der Waals surface area (Å²) in [6.45, 7) is 6.52. The van der Waals surface area contributed by atoms with Crippen LogP contribution in [0.4, 0.5) is 5.82 Å². The van der Waals surface area contributed by atoms with E-state index in [1.54, 1.807) is 18.7 Å². The summed E-state index contributed by atoms with van der Waals surface area (Å²) >= 11 is 0. The lowest BCUT2D eigenvalue weighted by Crippen LogP contribution is -2.36. The van der Waals surface area contributed by atoms with Crippen molar-refractivity contribution in [2.24, 2.45) is 5.92 Å². The summed E-state index contributed by atoms with van der Waals surface area (Å²) in [4.78, 5) is 19.4. The Morgan fingerprint density at radius 3 is 2.72 bits per heavy atom. The van der Waals surface area contributed by atoms with Gasteiger partial charge >= 0.3 is 0 Å². The van der Waals surface area contributed by atoms with E-state index in [1.807, 2.05) is 18.4 Å². The van der Waals surface area contributed by atoms with E-state index < -0.39 is 0 Å². The number of aryl methyl sites for hydroxylation is 2. The average molecular weight is 339 g/mol. The molecule has 0 aliphatic carbocycles. The fourth-order valence-corrected chi connectivity index (χ4v) is 3.20. The predicted octanol–water partition coefficient (Wildman–Crippen LogP) is 1.83. The maximum Gasteiger partial charge on any atom is 0.254 e. The van der Waals surface area contributed by atoms with E-state index in [9.17, 15) is 0 Å². The molecule has 8 nitrogen and oxygen atoms in total. The van der Waals surface area contributed by atoms with Crippen LogP contribution in [0, 0.1) is 19.8 Å². The maximum absolute atomic E-state index is 5.86. The average Bonchev–Trinajstić information content (AvgIpc) is 3.09. The van der Waals surface area contributed by atoms with Gasteiger partial charge in [-0.25, -0.2) is 9.97 Å². The van der Waals surface area contributed by atoms with Crippen molar-refractivity contribution in [3.63, 3.8) is 0 Å². The summed E-state index contributed by atoms with van der Waals surface area (Å²) in [5.74, 6) is 2.87. The molecule has 130 valence electrons. The van der Waals surface area contributed by atoms with Gasteiger partial charge in [-0.05, 0) is 32.6 Å². The fraction of sp³-hybridized carbons (Fsp3) is 0.471. The van der Waals surface area contributed by atoms with Crippen LogP contribution in [0.5, 0.6) is 5.88 Å². The molecule has 0 radical (unpaired) electrons. The lowest BCUT2D eigenvalue weighted by Gasteiger charge is -2.33. The van der Waals surface area contributed by atoms with Crippen LogP contribution in [0.25, 0.3) is 5.78 Å². The smallest absolute Gasteiger partial charge is 0.254 e. The van der Waals surface area contributed by atoms with Crippen LogP contribution in [-0.4, -0.2) is 49.2 Å². The SMILES string of the molecule is Cc1cc(N2CCC(COc3nccnc3C)CC2)n2ncnc2n1. The lowest BCUT2D eigenvalue weighted by atomic mass is 9.98. The number of rotatable bonds is 4. The summed E-state index contributed by atoms with van der Waals surface area (Å²) in [7, 11) is 0. The lowest BCUT2D eigenvalue weighted by molar-refractivity contribution is 0.213. The minimum absolute atomic E-state index is 0.520. The van der Waals surface area contributed by atoms with Crippen LogP contribution in [0.3, 0.4) is 0 Å². The molecule has 0 atom stereocenters. The van der Waals surface area contributed by atoms with Gasteiger partial charge in [0.2, 0.25) is 5.88 Å². The topological polar surface area (TPSA) is 81.3 Å². The van der Waals surface area contributed by atoms with Crippen LogP contribution < -0.4 is 9.64 Å². The van der Waals surface area contributed by atoms with E-state index in [1.165, 1.54) is 0 Å². The standard InChI is InChI=1S/C17H21N7O/c1-12-9-15(24-17(22-12)20-11-21-24)23-7-3-14(4-8-23)10-25-16-13(2)18-5-6-19-16/h5-6,9,11,14H,3-4,7-8,10H2,1-2H3. The molecule has 1 saturated heterocycles. The molecular formula is C17H21N7O. The second-order valence-corrected chi connectivity index (χ2v) is 6.42. The number of anilines is 1. The largest absolute Gasteiger partial charge is 0.476 e. The van der Waals surface area contributed by atoms with Crippen LogP contribution in [-0.2, 0) is 0 Å². The van der Waals surface area contributed by atoms with E-state index in [0.717, 1.165) is 43.1 Å². The van der Waals surface area contributed by atoms with Gasteiger partial charge < -0.3 is 9.64 Å². The Morgan fingerprint density at radius 1 is 1.12 bits per heavy atom. The Bertz CT molecular complexity index is 870. The third-order valence-corrected chi connectivity index (χ3v) is 4.59. The number of fused-ring (bicyclic) bond motifs is 1. The number of aromatic nitrogens is 6. The highest BCUT2D eigenvalue weighted by atomic mass is 16.5. The molecule has 4 heterocycles. The third-order valence-electron chi connectivity index (χ3n) is 4.59. The van der Waals surface area contributed by atoms with Gasteiger partial charge in [0.15, 0.2) is 0 Å². The summed E-state index contributed by atoms with van der Waals surface area (Å²) in [5.41, 5.74) is 1.79. The molecule has 0 unspecified atom stereocenters. The molecule has 0 aromatic carbocycles. The molecule has 0 bridgehead atoms. The van der Waals surface area contributed by atoms with Crippen LogP contribution in [0.2, 0.25) is 0 Å². The maximum atomic E-state index is 5.86. The molecule has 0 spiro atoms. The van der Waals surface area contributed by atoms with Gasteiger partial charge in [0.1, 0.15) is 12.1 Å². The van der Waals surface area contributed by atoms with Crippen molar-refractivity contribution >= 4 is 11.6 Å². The predicted molar refractivity (Wildman–Crippen MR) is 92.7 cm³/mol. The molecule has 8 heteroatoms. The highest BCUT2D eigenvalue weighted by molar-refractivity contribution is 5.47. The zero-order chi connectivity index (χ0) is 17.2. The van der Waals surface area contributed by atoms with E-state index >= 15 is 0 Å². The Hall–Kier alpha value is -2.77. The van der Waals surface area contributed by atoms with Gasteiger partial charge in [-0.2, -0.15) is 14.6 Å². The Balaban J connectivity index is 1.40. The highest BCUT2D eigenvalue weighted by Gasteiger charge is 2.22. The molecule has 1 fully saturated rings. The van der Waals surface area contributed by atoms with Gasteiger partial charge in [-0.15, -0.1) is 0 Å². The van der Waals surface area contributed by atoms with Crippen molar-refractivity contribution in [3.05, 3.63) is 36.2 Å². The minimum Gasteiger partial charge on any atom is -0.476 e. The van der Waals surface area contributed by atoms with Crippen molar-refractivity contribution in [2.75, 3.05) is 24.6 Å². The summed E-state index contributed by atoms with van der Waals surface area (Å²) < 4.78 is 7.68. The van der Waals surface area contributed by atoms with Crippen LogP contribution in [0.1, 0.15) is 24.2 Å². The third kappa shape index (κ3) is 3.24. The molecule has 4 rings (SSSR count). The molecule has 0 N–H and O–H groups in total. The summed E-state index contributed by atoms with van der Waals surface area (Å²) in [5, 5.41) is 4.30. The molecule has 0 amide bonds. The first kappa shape index (κ1) is 15.7. The quantitative estimate of drug-likeness (QED) is 0.717. The molecular weight excluding hydrogens is 318 g/mol. The molecule has 1 aliphatic rings. The van der Waals surface area contributed by atoms with Crippen molar-refractivity contribution in [2.45, 2.75) is 26.7 Å². The Kier molecular flexibility index (Phi) is 4.17. The highest BCUT2D eigenvalue weighted by Crippen LogP contribution is 2.24. The number of hydrogen-bond acceptors (Lipinski definition) is 7. The fourth-order valence-electron chi connectivity index (χ4n) is 3.20. The monoisotopic (exact) mass is 339 g/mol. The Labute approximate surface area is 145 Å². The first-order valence-corrected chi connectivity index (χ1v) is 8.53. The van der Waals surface area contributed by atoms with Crippen molar-refractivity contribution in [1.29, 1.82) is 0 Å². The number of piperidine rings is 1. The van der Waals surface area contributed by atoms with Crippen LogP contribution >= 0.6 is 0 Å². The zero-order valence-electron chi connectivity index (χ0n) is 14.5. The molecule has 3 aromatic rings. The zero-order valence-corrected chi connectivity index (χ0v) is 14.5. The van der Waals surface area contributed by atoms with Gasteiger partial charge in [-0.3, -0.25) is 4.98 Å². The second kappa shape index (κ2) is 6.62. The molecule has 3 aromatic heterocycles. The van der Waals surface area contributed by atoms with E-state index in [4.69, 9.17) is 4.74 Å². The van der Waals surface area contributed by atoms with Crippen molar-refractivity contribution in [1.82, 2.24) is 29.5 Å². The van der Waals surface area contributed by atoms with Crippen LogP contribution in [0.15, 0.2) is 24.8 Å². The second-order valence-electron chi connectivity index (χ2n) is 6.42. The number of nitrogens with zero attached hydrogens (tertiary/aromatic N) is 7. The van der Waals surface area contributed by atoms with Crippen molar-refractivity contribution < 1.29 is 4.74 Å². The van der Waals surface area contributed by atoms with Gasteiger partial charge in [0.05, 0.1) is 12.3 Å². The minimum atomic E-state index is 0.520. The number of hydrogen-bond donors (Lipinski definition) is 0. The molecule has 1 aliphatic heterocycles. The van der Waals surface area contributed by atoms with Gasteiger partial charge in [-0.1, -0.05) is 0 Å². The summed E-state index contributed by atoms with van der Waals surface area (Å²) in [6.07, 6.45) is 7.03. The first-order chi connectivity index (χ1) is 12.2. The first-order valence-electron chi connectivity index (χ1n) is 8.53. The normalized spacial score (nSPS) is 15.7. The van der Waals surface area contributed by atoms with Gasteiger partial charge in [0, 0.05) is 37.2 Å². The van der Waals surface area contributed by atoms with Crippen molar-refractivity contribution in [3.8, 4) is 5.88 Å². The molecule has 25 heavy (non-hydrogen) atoms. The summed E-state index contributed by atoms with van der Waals surface area (Å²) in [6, 6.07) is 2.07. The van der Waals surface area contributed by atoms with E-state index in [2.05, 4.69) is 36.0 Å².